The lowest BCUT2D eigenvalue weighted by Gasteiger charge is -2.46. The Bertz CT molecular complexity index is 1260. The molecule has 2 aliphatic heterocycles. The summed E-state index contributed by atoms with van der Waals surface area (Å²) < 4.78 is 22.3. The Hall–Kier alpha value is -3.41. The van der Waals surface area contributed by atoms with E-state index in [1.54, 1.807) is 28.4 Å². The number of ketones is 1. The Kier molecular flexibility index (Phi) is 5.78. The molecule has 0 spiro atoms. The van der Waals surface area contributed by atoms with Crippen molar-refractivity contribution in [1.82, 2.24) is 4.90 Å². The number of Topliss-reactive ketones (excluding diaryl/α,β-unsaturated/α-hetero) is 1. The number of hydrogen-bond acceptors (Lipinski definition) is 6. The molecule has 2 aromatic carbocycles. The van der Waals surface area contributed by atoms with Gasteiger partial charge in [-0.05, 0) is 59.7 Å². The highest BCUT2D eigenvalue weighted by Crippen LogP contribution is 2.51. The van der Waals surface area contributed by atoms with Crippen LogP contribution in [-0.2, 0) is 11.2 Å². The van der Waals surface area contributed by atoms with Crippen molar-refractivity contribution >= 4 is 11.5 Å². The Morgan fingerprint density at radius 2 is 1.51 bits per heavy atom. The molecule has 3 aliphatic rings. The molecule has 6 heteroatoms. The first-order valence-electron chi connectivity index (χ1n) is 12.0. The molecule has 0 saturated carbocycles. The molecule has 184 valence electrons. The highest BCUT2D eigenvalue weighted by Gasteiger charge is 2.43. The summed E-state index contributed by atoms with van der Waals surface area (Å²) in [7, 11) is 6.60. The van der Waals surface area contributed by atoms with E-state index in [2.05, 4.69) is 37.0 Å². The number of carbonyl (C=O) groups excluding carboxylic acids is 1. The summed E-state index contributed by atoms with van der Waals surface area (Å²) >= 11 is 0. The smallest absolute Gasteiger partial charge is 0.162 e. The van der Waals surface area contributed by atoms with Crippen LogP contribution >= 0.6 is 0 Å². The van der Waals surface area contributed by atoms with Gasteiger partial charge in [0.25, 0.3) is 0 Å². The van der Waals surface area contributed by atoms with Crippen molar-refractivity contribution in [2.75, 3.05) is 35.0 Å². The van der Waals surface area contributed by atoms with Crippen LogP contribution in [-0.4, -0.2) is 45.7 Å². The third kappa shape index (κ3) is 3.85. The van der Waals surface area contributed by atoms with Gasteiger partial charge in [0.05, 0.1) is 28.4 Å². The highest BCUT2D eigenvalue weighted by atomic mass is 16.5. The van der Waals surface area contributed by atoms with Crippen LogP contribution in [0.2, 0.25) is 0 Å². The predicted octanol–water partition coefficient (Wildman–Crippen LogP) is 5.36. The molecule has 0 N–H and O–H groups in total. The fraction of sp³-hybridized carbons (Fsp3) is 0.414. The second-order valence-corrected chi connectivity index (χ2v) is 10.2. The van der Waals surface area contributed by atoms with Gasteiger partial charge in [-0.3, -0.25) is 4.79 Å². The van der Waals surface area contributed by atoms with Crippen molar-refractivity contribution < 1.29 is 23.7 Å². The number of benzene rings is 2. The monoisotopic (exact) mass is 475 g/mol. The summed E-state index contributed by atoms with van der Waals surface area (Å²) in [6.45, 7) is 5.20. The van der Waals surface area contributed by atoms with Gasteiger partial charge in [-0.2, -0.15) is 0 Å². The predicted molar refractivity (Wildman–Crippen MR) is 135 cm³/mol. The molecule has 2 heterocycles. The van der Waals surface area contributed by atoms with Crippen LogP contribution < -0.4 is 18.9 Å². The SMILES string of the molecule is COc1ccc(C2C=C3c4cc(OC)c(OC)cc4CCN3C3=C2C(=O)CC(C)(C)C3)cc1OC. The first-order chi connectivity index (χ1) is 16.8. The number of carbonyl (C=O) groups is 1. The lowest BCUT2D eigenvalue weighted by Crippen LogP contribution is -2.40. The topological polar surface area (TPSA) is 57.2 Å². The molecular formula is C29H33NO5. The van der Waals surface area contributed by atoms with Gasteiger partial charge in [-0.1, -0.05) is 19.9 Å². The second-order valence-electron chi connectivity index (χ2n) is 10.2. The zero-order valence-corrected chi connectivity index (χ0v) is 21.4. The van der Waals surface area contributed by atoms with Crippen molar-refractivity contribution in [3.05, 3.63) is 64.4 Å². The minimum atomic E-state index is -0.168. The van der Waals surface area contributed by atoms with E-state index in [0.717, 1.165) is 53.2 Å². The molecule has 0 amide bonds. The van der Waals surface area contributed by atoms with Crippen LogP contribution in [0.25, 0.3) is 5.70 Å². The van der Waals surface area contributed by atoms with Gasteiger partial charge < -0.3 is 23.8 Å². The summed E-state index contributed by atoms with van der Waals surface area (Å²) in [5.74, 6) is 2.83. The lowest BCUT2D eigenvalue weighted by molar-refractivity contribution is -0.118. The number of rotatable bonds is 5. The molecule has 1 aliphatic carbocycles. The van der Waals surface area contributed by atoms with Crippen molar-refractivity contribution in [2.45, 2.75) is 39.0 Å². The van der Waals surface area contributed by atoms with Crippen LogP contribution in [0.5, 0.6) is 23.0 Å². The summed E-state index contributed by atoms with van der Waals surface area (Å²) in [6.07, 6.45) is 4.52. The Morgan fingerprint density at radius 1 is 0.857 bits per heavy atom. The minimum Gasteiger partial charge on any atom is -0.493 e. The van der Waals surface area contributed by atoms with E-state index >= 15 is 0 Å². The van der Waals surface area contributed by atoms with E-state index in [-0.39, 0.29) is 17.1 Å². The second kappa shape index (κ2) is 8.67. The van der Waals surface area contributed by atoms with E-state index < -0.39 is 0 Å². The van der Waals surface area contributed by atoms with E-state index in [4.69, 9.17) is 18.9 Å². The molecule has 2 aromatic rings. The van der Waals surface area contributed by atoms with Crippen LogP contribution in [0, 0.1) is 5.41 Å². The molecule has 0 saturated heterocycles. The summed E-state index contributed by atoms with van der Waals surface area (Å²) in [6, 6.07) is 10.1. The van der Waals surface area contributed by atoms with E-state index in [0.29, 0.717) is 23.7 Å². The number of nitrogens with zero attached hydrogens (tertiary/aromatic N) is 1. The summed E-state index contributed by atoms with van der Waals surface area (Å²) in [5.41, 5.74) is 6.45. The van der Waals surface area contributed by atoms with Crippen LogP contribution in [0.4, 0.5) is 0 Å². The zero-order valence-electron chi connectivity index (χ0n) is 21.4. The fourth-order valence-corrected chi connectivity index (χ4v) is 5.77. The summed E-state index contributed by atoms with van der Waals surface area (Å²) in [5, 5.41) is 0. The maximum atomic E-state index is 13.6. The number of ether oxygens (including phenoxy) is 4. The quantitative estimate of drug-likeness (QED) is 0.580. The van der Waals surface area contributed by atoms with Crippen LogP contribution in [0.3, 0.4) is 0 Å². The molecule has 0 bridgehead atoms. The molecule has 0 fully saturated rings. The van der Waals surface area contributed by atoms with E-state index in [9.17, 15) is 4.79 Å². The van der Waals surface area contributed by atoms with Gasteiger partial charge in [0.2, 0.25) is 0 Å². The van der Waals surface area contributed by atoms with Crippen molar-refractivity contribution in [2.24, 2.45) is 5.41 Å². The average molecular weight is 476 g/mol. The normalized spacial score (nSPS) is 20.4. The van der Waals surface area contributed by atoms with Gasteiger partial charge in [0, 0.05) is 41.4 Å². The number of hydrogen-bond donors (Lipinski definition) is 0. The summed E-state index contributed by atoms with van der Waals surface area (Å²) in [4.78, 5) is 16.0. The molecular weight excluding hydrogens is 442 g/mol. The largest absolute Gasteiger partial charge is 0.493 e. The molecule has 1 atom stereocenters. The highest BCUT2D eigenvalue weighted by molar-refractivity contribution is 6.01. The Labute approximate surface area is 207 Å². The fourth-order valence-electron chi connectivity index (χ4n) is 5.77. The average Bonchev–Trinajstić information content (AvgIpc) is 2.85. The standard InChI is InChI=1S/C29H33NO5/c1-29(2)15-22-28(23(31)16-29)20(17-7-8-24(32-3)25(11-17)33-4)13-21-19-14-27(35-6)26(34-5)12-18(19)9-10-30(21)22/h7-8,11-14,20H,9-10,15-16H2,1-6H3. The first-order valence-corrected chi connectivity index (χ1v) is 12.0. The van der Waals surface area contributed by atoms with Crippen molar-refractivity contribution in [3.63, 3.8) is 0 Å². The van der Waals surface area contributed by atoms with E-state index in [1.807, 2.05) is 18.2 Å². The van der Waals surface area contributed by atoms with Crippen LogP contribution in [0.1, 0.15) is 49.3 Å². The van der Waals surface area contributed by atoms with Gasteiger partial charge in [0.1, 0.15) is 0 Å². The molecule has 35 heavy (non-hydrogen) atoms. The van der Waals surface area contributed by atoms with Gasteiger partial charge in [0.15, 0.2) is 28.8 Å². The number of fused-ring (bicyclic) bond motifs is 4. The molecule has 5 rings (SSSR count). The maximum Gasteiger partial charge on any atom is 0.162 e. The zero-order chi connectivity index (χ0) is 24.9. The molecule has 6 nitrogen and oxygen atoms in total. The number of methoxy groups -OCH3 is 4. The Balaban J connectivity index is 1.72. The van der Waals surface area contributed by atoms with Gasteiger partial charge in [-0.15, -0.1) is 0 Å². The third-order valence-corrected chi connectivity index (χ3v) is 7.41. The lowest BCUT2D eigenvalue weighted by atomic mass is 9.69. The van der Waals surface area contributed by atoms with Crippen LogP contribution in [0.15, 0.2) is 47.7 Å². The molecule has 1 unspecified atom stereocenters. The number of allylic oxidation sites excluding steroid dienone is 3. The third-order valence-electron chi connectivity index (χ3n) is 7.41. The minimum absolute atomic E-state index is 0.0849. The van der Waals surface area contributed by atoms with Gasteiger partial charge in [-0.25, -0.2) is 0 Å². The van der Waals surface area contributed by atoms with Crippen molar-refractivity contribution in [3.8, 4) is 23.0 Å². The first kappa shape index (κ1) is 23.3. The van der Waals surface area contributed by atoms with Crippen molar-refractivity contribution in [1.29, 1.82) is 0 Å². The van der Waals surface area contributed by atoms with E-state index in [1.165, 1.54) is 5.56 Å². The van der Waals surface area contributed by atoms with Gasteiger partial charge >= 0.3 is 0 Å². The molecule has 0 radical (unpaired) electrons. The Morgan fingerprint density at radius 3 is 2.20 bits per heavy atom. The maximum absolute atomic E-state index is 13.6. The molecule has 0 aromatic heterocycles.